The van der Waals surface area contributed by atoms with E-state index in [1.54, 1.807) is 23.1 Å². The second-order valence-corrected chi connectivity index (χ2v) is 11.6. The summed E-state index contributed by atoms with van der Waals surface area (Å²) in [6.45, 7) is 0.560. The highest BCUT2D eigenvalue weighted by molar-refractivity contribution is 7.92. The SMILES string of the molecule is COc1cc(OC)cc(-c2nn(-c3cc(N4CC[C@H](O)C4)ccc3C(F)(F)F)c(=O)c3c2CCN3S(C)(=O)=O)c1. The number of methoxy groups -OCH3 is 2. The van der Waals surface area contributed by atoms with Gasteiger partial charge in [-0.25, -0.2) is 8.42 Å². The second-order valence-electron chi connectivity index (χ2n) is 9.67. The van der Waals surface area contributed by atoms with Crippen LogP contribution in [0.2, 0.25) is 0 Å². The summed E-state index contributed by atoms with van der Waals surface area (Å²) in [6.07, 6.45) is -3.99. The number of fused-ring (bicyclic) bond motifs is 1. The maximum atomic E-state index is 14.3. The number of β-amino-alcohol motifs (C(OH)–C–C–N with tert-alkyl or cyclic N) is 1. The fourth-order valence-electron chi connectivity index (χ4n) is 5.15. The summed E-state index contributed by atoms with van der Waals surface area (Å²) in [6, 6.07) is 8.08. The van der Waals surface area contributed by atoms with Gasteiger partial charge in [0.15, 0.2) is 0 Å². The van der Waals surface area contributed by atoms with E-state index in [0.29, 0.717) is 40.4 Å². The third kappa shape index (κ3) is 4.96. The molecule has 10 nitrogen and oxygen atoms in total. The molecule has 14 heteroatoms. The van der Waals surface area contributed by atoms with Gasteiger partial charge in [0.05, 0.1) is 43.5 Å². The number of aliphatic hydroxyl groups is 1. The van der Waals surface area contributed by atoms with E-state index in [9.17, 15) is 31.5 Å². The maximum Gasteiger partial charge on any atom is 0.418 e. The van der Waals surface area contributed by atoms with Crippen LogP contribution in [-0.4, -0.2) is 69.5 Å². The Labute approximate surface area is 228 Å². The highest BCUT2D eigenvalue weighted by atomic mass is 32.2. The molecule has 0 unspecified atom stereocenters. The van der Waals surface area contributed by atoms with E-state index in [0.717, 1.165) is 16.6 Å². The normalized spacial score (nSPS) is 17.3. The summed E-state index contributed by atoms with van der Waals surface area (Å²) in [7, 11) is -1.08. The van der Waals surface area contributed by atoms with Gasteiger partial charge in [0.25, 0.3) is 5.56 Å². The number of sulfonamides is 1. The first kappa shape index (κ1) is 27.8. The highest BCUT2D eigenvalue weighted by Gasteiger charge is 2.38. The third-order valence-corrected chi connectivity index (χ3v) is 8.22. The largest absolute Gasteiger partial charge is 0.497 e. The number of halogens is 3. The van der Waals surface area contributed by atoms with Gasteiger partial charge in [0.1, 0.15) is 17.2 Å². The minimum atomic E-state index is -4.85. The Morgan fingerprint density at radius 3 is 2.27 bits per heavy atom. The zero-order valence-electron chi connectivity index (χ0n) is 21.9. The maximum absolute atomic E-state index is 14.3. The van der Waals surface area contributed by atoms with E-state index in [-0.39, 0.29) is 36.5 Å². The van der Waals surface area contributed by atoms with Gasteiger partial charge in [0.2, 0.25) is 10.0 Å². The van der Waals surface area contributed by atoms with Crippen molar-refractivity contribution in [3.05, 3.63) is 57.9 Å². The lowest BCUT2D eigenvalue weighted by atomic mass is 10.0. The molecule has 3 aromatic rings. The van der Waals surface area contributed by atoms with Crippen LogP contribution in [0, 0.1) is 0 Å². The van der Waals surface area contributed by atoms with Crippen molar-refractivity contribution in [1.29, 1.82) is 0 Å². The van der Waals surface area contributed by atoms with Crippen LogP contribution in [0.15, 0.2) is 41.2 Å². The summed E-state index contributed by atoms with van der Waals surface area (Å²) in [5.41, 5.74) is -1.81. The number of aliphatic hydroxyl groups excluding tert-OH is 1. The number of hydrogen-bond acceptors (Lipinski definition) is 8. The van der Waals surface area contributed by atoms with Crippen molar-refractivity contribution in [2.24, 2.45) is 0 Å². The molecule has 3 heterocycles. The molecule has 1 aromatic heterocycles. The van der Waals surface area contributed by atoms with Crippen molar-refractivity contribution in [1.82, 2.24) is 9.78 Å². The van der Waals surface area contributed by atoms with Crippen molar-refractivity contribution < 1.29 is 36.2 Å². The van der Waals surface area contributed by atoms with Gasteiger partial charge >= 0.3 is 6.18 Å². The number of aromatic nitrogens is 2. The number of alkyl halides is 3. The molecule has 0 radical (unpaired) electrons. The molecule has 0 aliphatic carbocycles. The molecule has 214 valence electrons. The standard InChI is InChI=1S/C26H27F3N4O6S/c1-38-18-10-15(11-19(13-18)39-2)23-20-7-9-32(40(3,36)37)24(20)25(35)33(30-23)22-12-16(31-8-6-17(34)14-31)4-5-21(22)26(27,28)29/h4-5,10-13,17,34H,6-9,14H2,1-3H3/t17-/m0/s1. The van der Waals surface area contributed by atoms with Crippen molar-refractivity contribution in [2.75, 3.05) is 49.3 Å². The van der Waals surface area contributed by atoms with Gasteiger partial charge < -0.3 is 19.5 Å². The Morgan fingerprint density at radius 2 is 1.73 bits per heavy atom. The fraction of sp³-hybridized carbons (Fsp3) is 0.385. The smallest absolute Gasteiger partial charge is 0.418 e. The summed E-state index contributed by atoms with van der Waals surface area (Å²) < 4.78 is 80.3. The first-order valence-electron chi connectivity index (χ1n) is 12.3. The molecule has 1 fully saturated rings. The fourth-order valence-corrected chi connectivity index (χ4v) is 6.09. The third-order valence-electron chi connectivity index (χ3n) is 7.05. The molecule has 0 spiro atoms. The van der Waals surface area contributed by atoms with Crippen molar-refractivity contribution in [3.63, 3.8) is 0 Å². The number of ether oxygens (including phenoxy) is 2. The summed E-state index contributed by atoms with van der Waals surface area (Å²) >= 11 is 0. The van der Waals surface area contributed by atoms with Gasteiger partial charge in [-0.05, 0) is 43.2 Å². The number of anilines is 2. The second kappa shape index (κ2) is 10.0. The molecular formula is C26H27F3N4O6S. The molecule has 2 aliphatic rings. The lowest BCUT2D eigenvalue weighted by Gasteiger charge is -2.23. The summed E-state index contributed by atoms with van der Waals surface area (Å²) in [5, 5.41) is 14.4. The molecule has 1 atom stereocenters. The highest BCUT2D eigenvalue weighted by Crippen LogP contribution is 2.40. The number of hydrogen-bond donors (Lipinski definition) is 1. The van der Waals surface area contributed by atoms with Crippen LogP contribution in [-0.2, 0) is 22.6 Å². The Bertz CT molecular complexity index is 1620. The minimum absolute atomic E-state index is 0.0684. The molecule has 2 aliphatic heterocycles. The van der Waals surface area contributed by atoms with Crippen molar-refractivity contribution in [3.8, 4) is 28.4 Å². The van der Waals surface area contributed by atoms with E-state index in [1.165, 1.54) is 26.4 Å². The van der Waals surface area contributed by atoms with Crippen LogP contribution in [0.4, 0.5) is 24.5 Å². The zero-order chi connectivity index (χ0) is 29.0. The number of rotatable bonds is 6. The van der Waals surface area contributed by atoms with Crippen LogP contribution in [0.25, 0.3) is 16.9 Å². The van der Waals surface area contributed by atoms with E-state index in [4.69, 9.17) is 9.47 Å². The average molecular weight is 581 g/mol. The van der Waals surface area contributed by atoms with E-state index >= 15 is 0 Å². The first-order valence-corrected chi connectivity index (χ1v) is 14.2. The molecular weight excluding hydrogens is 553 g/mol. The minimum Gasteiger partial charge on any atom is -0.497 e. The zero-order valence-corrected chi connectivity index (χ0v) is 22.7. The van der Waals surface area contributed by atoms with Gasteiger partial charge in [-0.1, -0.05) is 0 Å². The number of benzene rings is 2. The quantitative estimate of drug-likeness (QED) is 0.474. The van der Waals surface area contributed by atoms with Crippen LogP contribution in [0.5, 0.6) is 11.5 Å². The predicted octanol–water partition coefficient (Wildman–Crippen LogP) is 2.83. The molecule has 0 amide bonds. The van der Waals surface area contributed by atoms with Crippen molar-refractivity contribution >= 4 is 21.4 Å². The van der Waals surface area contributed by atoms with Crippen LogP contribution in [0.3, 0.4) is 0 Å². The lowest BCUT2D eigenvalue weighted by molar-refractivity contribution is -0.137. The predicted molar refractivity (Wildman–Crippen MR) is 142 cm³/mol. The van der Waals surface area contributed by atoms with E-state index < -0.39 is 39.1 Å². The number of nitrogens with zero attached hydrogens (tertiary/aromatic N) is 4. The Kier molecular flexibility index (Phi) is 6.94. The summed E-state index contributed by atoms with van der Waals surface area (Å²) in [5.74, 6) is 0.734. The van der Waals surface area contributed by atoms with E-state index in [2.05, 4.69) is 5.10 Å². The monoisotopic (exact) mass is 580 g/mol. The molecule has 5 rings (SSSR count). The molecule has 2 aromatic carbocycles. The van der Waals surface area contributed by atoms with Gasteiger partial charge in [-0.3, -0.25) is 9.10 Å². The van der Waals surface area contributed by atoms with Gasteiger partial charge in [-0.2, -0.15) is 23.0 Å². The van der Waals surface area contributed by atoms with Crippen LogP contribution in [0.1, 0.15) is 17.5 Å². The van der Waals surface area contributed by atoms with E-state index in [1.807, 2.05) is 0 Å². The van der Waals surface area contributed by atoms with Gasteiger partial charge in [-0.15, -0.1) is 0 Å². The van der Waals surface area contributed by atoms with Gasteiger partial charge in [0, 0.05) is 42.5 Å². The topological polar surface area (TPSA) is 114 Å². The van der Waals surface area contributed by atoms with Crippen LogP contribution >= 0.6 is 0 Å². The Balaban J connectivity index is 1.83. The Morgan fingerprint density at radius 1 is 1.05 bits per heavy atom. The molecule has 0 bridgehead atoms. The average Bonchev–Trinajstić information content (AvgIpc) is 3.55. The molecule has 1 N–H and O–H groups in total. The lowest BCUT2D eigenvalue weighted by Crippen LogP contribution is -2.35. The first-order chi connectivity index (χ1) is 18.8. The molecule has 1 saturated heterocycles. The molecule has 0 saturated carbocycles. The van der Waals surface area contributed by atoms with Crippen LogP contribution < -0.4 is 24.2 Å². The van der Waals surface area contributed by atoms with Crippen molar-refractivity contribution in [2.45, 2.75) is 25.1 Å². The molecule has 40 heavy (non-hydrogen) atoms. The Hall–Kier alpha value is -3.78. The summed E-state index contributed by atoms with van der Waals surface area (Å²) in [4.78, 5) is 15.5.